The van der Waals surface area contributed by atoms with Crippen LogP contribution in [-0.4, -0.2) is 42.8 Å². The lowest BCUT2D eigenvalue weighted by Crippen LogP contribution is -2.43. The predicted molar refractivity (Wildman–Crippen MR) is 79.0 cm³/mol. The molecule has 20 heavy (non-hydrogen) atoms. The van der Waals surface area contributed by atoms with Gasteiger partial charge in [-0.05, 0) is 50.0 Å². The van der Waals surface area contributed by atoms with E-state index < -0.39 is 0 Å². The van der Waals surface area contributed by atoms with Crippen LogP contribution in [0.2, 0.25) is 0 Å². The second-order valence-electron chi connectivity index (χ2n) is 5.82. The maximum Gasteiger partial charge on any atom is 0.123 e. The lowest BCUT2D eigenvalue weighted by molar-refractivity contribution is 0.0278. The van der Waals surface area contributed by atoms with E-state index in [-0.39, 0.29) is 18.0 Å². The number of nitrogens with one attached hydrogen (secondary N) is 1. The highest BCUT2D eigenvalue weighted by Crippen LogP contribution is 2.21. The van der Waals surface area contributed by atoms with E-state index in [0.717, 1.165) is 38.0 Å². The molecular formula is C16H25FN2O. The van der Waals surface area contributed by atoms with Gasteiger partial charge in [0.1, 0.15) is 5.82 Å². The first-order valence-corrected chi connectivity index (χ1v) is 7.43. The number of nitrogens with zero attached hydrogens (tertiary/aromatic N) is 1. The van der Waals surface area contributed by atoms with Crippen LogP contribution in [0.25, 0.3) is 0 Å². The van der Waals surface area contributed by atoms with Crippen LogP contribution in [0.3, 0.4) is 0 Å². The number of hydrogen-bond acceptors (Lipinski definition) is 3. The number of hydrogen-bond donors (Lipinski definition) is 2. The van der Waals surface area contributed by atoms with Gasteiger partial charge in [-0.15, -0.1) is 0 Å². The Morgan fingerprint density at radius 1 is 1.40 bits per heavy atom. The highest BCUT2D eigenvalue weighted by atomic mass is 19.1. The van der Waals surface area contributed by atoms with Gasteiger partial charge in [0.05, 0.1) is 6.10 Å². The summed E-state index contributed by atoms with van der Waals surface area (Å²) in [6.45, 7) is 4.88. The maximum absolute atomic E-state index is 13.0. The van der Waals surface area contributed by atoms with Gasteiger partial charge in [0.25, 0.3) is 0 Å². The molecule has 3 nitrogen and oxygen atoms in total. The summed E-state index contributed by atoms with van der Waals surface area (Å²) in [7, 11) is 1.93. The third-order valence-electron chi connectivity index (χ3n) is 4.36. The molecule has 112 valence electrons. The SMILES string of the molecule is CNC(CCN1CCC(C)C(O)C1)c1ccc(F)cc1. The Morgan fingerprint density at radius 2 is 2.10 bits per heavy atom. The number of aliphatic hydroxyl groups excluding tert-OH is 1. The van der Waals surface area contributed by atoms with Crippen molar-refractivity contribution in [2.45, 2.75) is 31.9 Å². The topological polar surface area (TPSA) is 35.5 Å². The number of benzene rings is 1. The summed E-state index contributed by atoms with van der Waals surface area (Å²) in [5, 5.41) is 13.2. The summed E-state index contributed by atoms with van der Waals surface area (Å²) < 4.78 is 13.0. The summed E-state index contributed by atoms with van der Waals surface area (Å²) >= 11 is 0. The molecule has 4 heteroatoms. The smallest absolute Gasteiger partial charge is 0.123 e. The normalized spacial score (nSPS) is 25.6. The van der Waals surface area contributed by atoms with Crippen molar-refractivity contribution in [3.63, 3.8) is 0 Å². The molecule has 0 aromatic heterocycles. The monoisotopic (exact) mass is 280 g/mol. The fourth-order valence-corrected chi connectivity index (χ4v) is 2.80. The van der Waals surface area contributed by atoms with Crippen LogP contribution in [0.15, 0.2) is 24.3 Å². The second-order valence-corrected chi connectivity index (χ2v) is 5.82. The predicted octanol–water partition coefficient (Wildman–Crippen LogP) is 2.18. The second kappa shape index (κ2) is 7.16. The van der Waals surface area contributed by atoms with Gasteiger partial charge < -0.3 is 15.3 Å². The van der Waals surface area contributed by atoms with Crippen LogP contribution in [0.1, 0.15) is 31.4 Å². The fraction of sp³-hybridized carbons (Fsp3) is 0.625. The molecule has 1 saturated heterocycles. The largest absolute Gasteiger partial charge is 0.392 e. The molecule has 1 heterocycles. The fourth-order valence-electron chi connectivity index (χ4n) is 2.80. The van der Waals surface area contributed by atoms with Crippen LogP contribution >= 0.6 is 0 Å². The first kappa shape index (κ1) is 15.4. The number of rotatable bonds is 5. The Kier molecular flexibility index (Phi) is 5.52. The first-order chi connectivity index (χ1) is 9.60. The van der Waals surface area contributed by atoms with Crippen molar-refractivity contribution in [2.24, 2.45) is 5.92 Å². The lowest BCUT2D eigenvalue weighted by atomic mass is 9.95. The van der Waals surface area contributed by atoms with Crippen molar-refractivity contribution in [1.82, 2.24) is 10.2 Å². The van der Waals surface area contributed by atoms with Crippen LogP contribution < -0.4 is 5.32 Å². The quantitative estimate of drug-likeness (QED) is 0.868. The lowest BCUT2D eigenvalue weighted by Gasteiger charge is -2.35. The first-order valence-electron chi connectivity index (χ1n) is 7.43. The van der Waals surface area contributed by atoms with E-state index >= 15 is 0 Å². The molecule has 1 aromatic carbocycles. The minimum Gasteiger partial charge on any atom is -0.392 e. The van der Waals surface area contributed by atoms with Crippen LogP contribution in [-0.2, 0) is 0 Å². The van der Waals surface area contributed by atoms with Gasteiger partial charge in [-0.25, -0.2) is 4.39 Å². The van der Waals surface area contributed by atoms with Crippen molar-refractivity contribution >= 4 is 0 Å². The van der Waals surface area contributed by atoms with Gasteiger partial charge >= 0.3 is 0 Å². The van der Waals surface area contributed by atoms with Crippen molar-refractivity contribution < 1.29 is 9.50 Å². The van der Waals surface area contributed by atoms with E-state index in [4.69, 9.17) is 0 Å². The third-order valence-corrected chi connectivity index (χ3v) is 4.36. The molecule has 2 rings (SSSR count). The third kappa shape index (κ3) is 4.01. The van der Waals surface area contributed by atoms with Crippen LogP contribution in [0.5, 0.6) is 0 Å². The van der Waals surface area contributed by atoms with Gasteiger partial charge in [0, 0.05) is 19.1 Å². The van der Waals surface area contributed by atoms with E-state index in [9.17, 15) is 9.50 Å². The Morgan fingerprint density at radius 3 is 2.70 bits per heavy atom. The number of β-amino-alcohol motifs (C(OH)–C–C–N with tert-alkyl or cyclic N) is 1. The van der Waals surface area contributed by atoms with Crippen molar-refractivity contribution in [3.8, 4) is 0 Å². The van der Waals surface area contributed by atoms with Crippen molar-refractivity contribution in [1.29, 1.82) is 0 Å². The summed E-state index contributed by atoms with van der Waals surface area (Å²) in [6, 6.07) is 6.91. The molecule has 3 unspecified atom stereocenters. The van der Waals surface area contributed by atoms with E-state index in [1.165, 1.54) is 12.1 Å². The highest BCUT2D eigenvalue weighted by molar-refractivity contribution is 5.19. The molecule has 2 N–H and O–H groups in total. The van der Waals surface area contributed by atoms with Crippen molar-refractivity contribution in [2.75, 3.05) is 26.7 Å². The molecule has 3 atom stereocenters. The molecule has 0 amide bonds. The molecule has 0 saturated carbocycles. The van der Waals surface area contributed by atoms with E-state index in [2.05, 4.69) is 17.1 Å². The molecule has 1 fully saturated rings. The zero-order valence-electron chi connectivity index (χ0n) is 12.3. The van der Waals surface area contributed by atoms with E-state index in [1.54, 1.807) is 0 Å². The summed E-state index contributed by atoms with van der Waals surface area (Å²) in [5.41, 5.74) is 1.11. The summed E-state index contributed by atoms with van der Waals surface area (Å²) in [4.78, 5) is 2.32. The van der Waals surface area contributed by atoms with Gasteiger partial charge in [-0.1, -0.05) is 19.1 Å². The molecule has 1 aliphatic rings. The number of halogens is 1. The average Bonchev–Trinajstić information content (AvgIpc) is 2.45. The molecular weight excluding hydrogens is 255 g/mol. The molecule has 0 aliphatic carbocycles. The van der Waals surface area contributed by atoms with Gasteiger partial charge in [-0.2, -0.15) is 0 Å². The molecule has 1 aromatic rings. The maximum atomic E-state index is 13.0. The van der Waals surface area contributed by atoms with Crippen molar-refractivity contribution in [3.05, 3.63) is 35.6 Å². The Hall–Kier alpha value is -0.970. The average molecular weight is 280 g/mol. The number of likely N-dealkylation sites (tertiary alicyclic amines) is 1. The number of aliphatic hydroxyl groups is 1. The minimum atomic E-state index is -0.206. The van der Waals surface area contributed by atoms with Crippen LogP contribution in [0.4, 0.5) is 4.39 Å². The summed E-state index contributed by atoms with van der Waals surface area (Å²) in [6.07, 6.45) is 1.81. The summed E-state index contributed by atoms with van der Waals surface area (Å²) in [5.74, 6) is 0.209. The standard InChI is InChI=1S/C16H25FN2O/c1-12-7-9-19(11-16(12)20)10-8-15(18-2)13-3-5-14(17)6-4-13/h3-6,12,15-16,18,20H,7-11H2,1-2H3. The Balaban J connectivity index is 1.86. The molecule has 0 spiro atoms. The Bertz CT molecular complexity index is 409. The van der Waals surface area contributed by atoms with Crippen LogP contribution in [0, 0.1) is 11.7 Å². The van der Waals surface area contributed by atoms with Gasteiger partial charge in [-0.3, -0.25) is 0 Å². The minimum absolute atomic E-state index is 0.197. The number of piperidine rings is 1. The molecule has 0 radical (unpaired) electrons. The highest BCUT2D eigenvalue weighted by Gasteiger charge is 2.24. The van der Waals surface area contributed by atoms with E-state index in [0.29, 0.717) is 5.92 Å². The molecule has 1 aliphatic heterocycles. The molecule has 0 bridgehead atoms. The van der Waals surface area contributed by atoms with Gasteiger partial charge in [0.2, 0.25) is 0 Å². The Labute approximate surface area is 120 Å². The zero-order chi connectivity index (χ0) is 14.5. The zero-order valence-corrected chi connectivity index (χ0v) is 12.3. The van der Waals surface area contributed by atoms with E-state index in [1.807, 2.05) is 19.2 Å². The van der Waals surface area contributed by atoms with Gasteiger partial charge in [0.15, 0.2) is 0 Å².